The number of hydrogen-bond acceptors (Lipinski definition) is 4. The summed E-state index contributed by atoms with van der Waals surface area (Å²) in [6.45, 7) is 8.66. The summed E-state index contributed by atoms with van der Waals surface area (Å²) in [5.74, 6) is 0.474. The van der Waals surface area contributed by atoms with Crippen LogP contribution in [-0.4, -0.2) is 20.5 Å². The molecule has 0 bridgehead atoms. The van der Waals surface area contributed by atoms with Crippen LogP contribution in [0.1, 0.15) is 50.5 Å². The SMILES string of the molecule is Cc1csc(CNC2CC2)c1S(=O)(=O)NC(C)CC(C)C. The molecule has 120 valence electrons. The summed E-state index contributed by atoms with van der Waals surface area (Å²) < 4.78 is 28.1. The van der Waals surface area contributed by atoms with Crippen molar-refractivity contribution in [3.63, 3.8) is 0 Å². The van der Waals surface area contributed by atoms with Crippen molar-refractivity contribution in [3.8, 4) is 0 Å². The molecular weight excluding hydrogens is 304 g/mol. The first-order valence-electron chi connectivity index (χ1n) is 7.62. The van der Waals surface area contributed by atoms with Gasteiger partial charge in [0.05, 0.1) is 0 Å². The fraction of sp³-hybridized carbons (Fsp3) is 0.733. The van der Waals surface area contributed by atoms with Crippen molar-refractivity contribution < 1.29 is 8.42 Å². The predicted octanol–water partition coefficient (Wildman–Crippen LogP) is 3.02. The summed E-state index contributed by atoms with van der Waals surface area (Å²) in [6, 6.07) is 0.536. The van der Waals surface area contributed by atoms with Gasteiger partial charge in [-0.3, -0.25) is 0 Å². The van der Waals surface area contributed by atoms with E-state index in [-0.39, 0.29) is 6.04 Å². The molecule has 0 aliphatic heterocycles. The Bertz CT molecular complexity index is 574. The van der Waals surface area contributed by atoms with Gasteiger partial charge in [-0.25, -0.2) is 13.1 Å². The molecule has 1 aromatic rings. The molecule has 1 aromatic heterocycles. The first-order chi connectivity index (χ1) is 9.79. The smallest absolute Gasteiger partial charge is 0.242 e. The zero-order chi connectivity index (χ0) is 15.6. The number of sulfonamides is 1. The number of aryl methyl sites for hydroxylation is 1. The second kappa shape index (κ2) is 6.77. The maximum Gasteiger partial charge on any atom is 0.242 e. The molecule has 1 heterocycles. The lowest BCUT2D eigenvalue weighted by Gasteiger charge is -2.17. The number of thiophene rings is 1. The van der Waals surface area contributed by atoms with Crippen LogP contribution in [0.3, 0.4) is 0 Å². The van der Waals surface area contributed by atoms with Gasteiger partial charge in [0.1, 0.15) is 4.90 Å². The lowest BCUT2D eigenvalue weighted by atomic mass is 10.1. The zero-order valence-electron chi connectivity index (χ0n) is 13.3. The highest BCUT2D eigenvalue weighted by atomic mass is 32.2. The van der Waals surface area contributed by atoms with Crippen LogP contribution < -0.4 is 10.0 Å². The summed E-state index contributed by atoms with van der Waals surface area (Å²) in [6.07, 6.45) is 3.25. The zero-order valence-corrected chi connectivity index (χ0v) is 14.9. The van der Waals surface area contributed by atoms with Gasteiger partial charge in [0, 0.05) is 23.5 Å². The molecule has 1 unspecified atom stereocenters. The summed E-state index contributed by atoms with van der Waals surface area (Å²) in [7, 11) is -3.43. The minimum absolute atomic E-state index is 0.0430. The van der Waals surface area contributed by atoms with Gasteiger partial charge in [0.15, 0.2) is 0 Å². The third kappa shape index (κ3) is 4.77. The van der Waals surface area contributed by atoms with Gasteiger partial charge in [0.25, 0.3) is 0 Å². The minimum Gasteiger partial charge on any atom is -0.309 e. The molecule has 0 radical (unpaired) electrons. The number of hydrogen-bond donors (Lipinski definition) is 2. The highest BCUT2D eigenvalue weighted by Crippen LogP contribution is 2.28. The van der Waals surface area contributed by atoms with E-state index in [4.69, 9.17) is 0 Å². The standard InChI is InChI=1S/C15H26N2O2S2/c1-10(2)7-12(4)17-21(18,19)15-11(3)9-20-14(15)8-16-13-5-6-13/h9-10,12-13,16-17H,5-8H2,1-4H3. The van der Waals surface area contributed by atoms with Crippen LogP contribution in [0.25, 0.3) is 0 Å². The Balaban J connectivity index is 2.12. The Hall–Kier alpha value is -0.430. The van der Waals surface area contributed by atoms with Crippen LogP contribution in [0, 0.1) is 12.8 Å². The van der Waals surface area contributed by atoms with Crippen LogP contribution in [0.4, 0.5) is 0 Å². The van der Waals surface area contributed by atoms with E-state index in [9.17, 15) is 8.42 Å². The lowest BCUT2D eigenvalue weighted by molar-refractivity contribution is 0.482. The van der Waals surface area contributed by atoms with Crippen molar-refractivity contribution in [3.05, 3.63) is 15.8 Å². The largest absolute Gasteiger partial charge is 0.309 e. The van der Waals surface area contributed by atoms with E-state index >= 15 is 0 Å². The summed E-state index contributed by atoms with van der Waals surface area (Å²) >= 11 is 1.53. The number of rotatable bonds is 8. The second-order valence-electron chi connectivity index (χ2n) is 6.48. The maximum atomic E-state index is 12.7. The van der Waals surface area contributed by atoms with E-state index in [1.165, 1.54) is 24.2 Å². The van der Waals surface area contributed by atoms with Crippen LogP contribution in [0.2, 0.25) is 0 Å². The Morgan fingerprint density at radius 1 is 1.33 bits per heavy atom. The molecule has 4 nitrogen and oxygen atoms in total. The predicted molar refractivity (Wildman–Crippen MR) is 88.2 cm³/mol. The minimum atomic E-state index is -3.43. The Morgan fingerprint density at radius 3 is 2.57 bits per heavy atom. The third-order valence-corrected chi connectivity index (χ3v) is 6.62. The molecule has 1 atom stereocenters. The van der Waals surface area contributed by atoms with Gasteiger partial charge in [-0.1, -0.05) is 13.8 Å². The van der Waals surface area contributed by atoms with E-state index in [1.807, 2.05) is 19.2 Å². The Labute approximate surface area is 132 Å². The van der Waals surface area contributed by atoms with Crippen molar-refractivity contribution in [2.45, 2.75) is 70.5 Å². The topological polar surface area (TPSA) is 58.2 Å². The van der Waals surface area contributed by atoms with Crippen molar-refractivity contribution >= 4 is 21.4 Å². The summed E-state index contributed by atoms with van der Waals surface area (Å²) in [5.41, 5.74) is 0.844. The van der Waals surface area contributed by atoms with Crippen molar-refractivity contribution in [1.29, 1.82) is 0 Å². The Morgan fingerprint density at radius 2 is 2.00 bits per heavy atom. The molecule has 0 spiro atoms. The molecule has 2 rings (SSSR count). The second-order valence-corrected chi connectivity index (χ2v) is 9.09. The molecule has 1 fully saturated rings. The van der Waals surface area contributed by atoms with Crippen LogP contribution in [0.5, 0.6) is 0 Å². The van der Waals surface area contributed by atoms with E-state index < -0.39 is 10.0 Å². The molecule has 21 heavy (non-hydrogen) atoms. The average Bonchev–Trinajstić information content (AvgIpc) is 3.07. The average molecular weight is 331 g/mol. The Kier molecular flexibility index (Phi) is 5.46. The maximum absolute atomic E-state index is 12.7. The fourth-order valence-corrected chi connectivity index (χ4v) is 5.59. The molecule has 0 aromatic carbocycles. The van der Waals surface area contributed by atoms with Crippen molar-refractivity contribution in [2.75, 3.05) is 0 Å². The van der Waals surface area contributed by atoms with E-state index in [0.717, 1.165) is 16.9 Å². The van der Waals surface area contributed by atoms with Gasteiger partial charge in [-0.15, -0.1) is 11.3 Å². The third-order valence-electron chi connectivity index (χ3n) is 3.57. The molecular formula is C15H26N2O2S2. The summed E-state index contributed by atoms with van der Waals surface area (Å²) in [4.78, 5) is 1.40. The first kappa shape index (κ1) is 16.9. The first-order valence-corrected chi connectivity index (χ1v) is 9.98. The van der Waals surface area contributed by atoms with Gasteiger partial charge >= 0.3 is 0 Å². The van der Waals surface area contributed by atoms with E-state index in [0.29, 0.717) is 23.4 Å². The fourth-order valence-electron chi connectivity index (χ4n) is 2.57. The van der Waals surface area contributed by atoms with Gasteiger partial charge in [-0.05, 0) is 50.0 Å². The van der Waals surface area contributed by atoms with Crippen LogP contribution in [0.15, 0.2) is 10.3 Å². The number of nitrogens with one attached hydrogen (secondary N) is 2. The van der Waals surface area contributed by atoms with Crippen LogP contribution >= 0.6 is 11.3 Å². The van der Waals surface area contributed by atoms with Gasteiger partial charge in [-0.2, -0.15) is 0 Å². The summed E-state index contributed by atoms with van der Waals surface area (Å²) in [5, 5.41) is 5.34. The highest BCUT2D eigenvalue weighted by Gasteiger charge is 2.26. The normalized spacial score (nSPS) is 17.4. The molecule has 1 aliphatic rings. The monoisotopic (exact) mass is 330 g/mol. The molecule has 0 saturated heterocycles. The van der Waals surface area contributed by atoms with Gasteiger partial charge < -0.3 is 5.32 Å². The van der Waals surface area contributed by atoms with E-state index in [2.05, 4.69) is 23.9 Å². The van der Waals surface area contributed by atoms with Crippen LogP contribution in [-0.2, 0) is 16.6 Å². The highest BCUT2D eigenvalue weighted by molar-refractivity contribution is 7.89. The molecule has 1 saturated carbocycles. The molecule has 6 heteroatoms. The van der Waals surface area contributed by atoms with Crippen molar-refractivity contribution in [2.24, 2.45) is 5.92 Å². The van der Waals surface area contributed by atoms with E-state index in [1.54, 1.807) is 0 Å². The molecule has 1 aliphatic carbocycles. The van der Waals surface area contributed by atoms with Crippen molar-refractivity contribution in [1.82, 2.24) is 10.0 Å². The van der Waals surface area contributed by atoms with Gasteiger partial charge in [0.2, 0.25) is 10.0 Å². The quantitative estimate of drug-likeness (QED) is 0.770. The lowest BCUT2D eigenvalue weighted by Crippen LogP contribution is -2.34. The molecule has 2 N–H and O–H groups in total. The molecule has 0 amide bonds.